The van der Waals surface area contributed by atoms with E-state index in [0.29, 0.717) is 0 Å². The molecule has 1 unspecified atom stereocenters. The molecule has 0 saturated carbocycles. The second-order valence-corrected chi connectivity index (χ2v) is 5.38. The molecule has 6 nitrogen and oxygen atoms in total. The second-order valence-electron chi connectivity index (χ2n) is 5.38. The van der Waals surface area contributed by atoms with Gasteiger partial charge in [0.2, 0.25) is 0 Å². The van der Waals surface area contributed by atoms with E-state index in [1.807, 2.05) is 30.3 Å². The molecule has 6 heteroatoms. The standard InChI is InChI=1S/C17H23NO5/c1-4-22-15(20)10-14(19)16(12(2)3)18-17(21)23-11-13-8-6-5-7-9-13/h5-9,12,16H,4,10-11H2,1-3H3,(H,18,21). The van der Waals surface area contributed by atoms with Crippen molar-refractivity contribution in [3.05, 3.63) is 35.9 Å². The first-order valence-electron chi connectivity index (χ1n) is 7.59. The van der Waals surface area contributed by atoms with Gasteiger partial charge in [0.15, 0.2) is 5.78 Å². The van der Waals surface area contributed by atoms with E-state index in [1.165, 1.54) is 0 Å². The number of nitrogens with one attached hydrogen (secondary N) is 1. The number of carbonyl (C=O) groups excluding carboxylic acids is 3. The van der Waals surface area contributed by atoms with Crippen LogP contribution in [0.15, 0.2) is 30.3 Å². The van der Waals surface area contributed by atoms with Crippen LogP contribution in [0.4, 0.5) is 4.79 Å². The summed E-state index contributed by atoms with van der Waals surface area (Å²) in [7, 11) is 0. The topological polar surface area (TPSA) is 81.7 Å². The first-order valence-corrected chi connectivity index (χ1v) is 7.59. The largest absolute Gasteiger partial charge is 0.466 e. The van der Waals surface area contributed by atoms with Crippen LogP contribution < -0.4 is 5.32 Å². The highest BCUT2D eigenvalue weighted by Gasteiger charge is 2.26. The Balaban J connectivity index is 2.52. The third-order valence-corrected chi connectivity index (χ3v) is 3.12. The number of benzene rings is 1. The molecular formula is C17H23NO5. The van der Waals surface area contributed by atoms with Gasteiger partial charge in [-0.05, 0) is 18.4 Å². The summed E-state index contributed by atoms with van der Waals surface area (Å²) in [6.07, 6.45) is -1.06. The molecule has 0 bridgehead atoms. The number of amides is 1. The minimum absolute atomic E-state index is 0.115. The Bertz CT molecular complexity index is 527. The maximum Gasteiger partial charge on any atom is 0.408 e. The minimum Gasteiger partial charge on any atom is -0.466 e. The Morgan fingerprint density at radius 1 is 1.09 bits per heavy atom. The van der Waals surface area contributed by atoms with Gasteiger partial charge in [-0.15, -0.1) is 0 Å². The van der Waals surface area contributed by atoms with Crippen molar-refractivity contribution in [2.45, 2.75) is 39.8 Å². The SMILES string of the molecule is CCOC(=O)CC(=O)C(NC(=O)OCc1ccccc1)C(C)C. The molecule has 0 aromatic heterocycles. The predicted octanol–water partition coefficient (Wildman–Crippen LogP) is 2.46. The van der Waals surface area contributed by atoms with Gasteiger partial charge in [-0.2, -0.15) is 0 Å². The van der Waals surface area contributed by atoms with Crippen molar-refractivity contribution < 1.29 is 23.9 Å². The molecule has 0 aliphatic rings. The van der Waals surface area contributed by atoms with E-state index >= 15 is 0 Å². The fourth-order valence-electron chi connectivity index (χ4n) is 1.97. The molecule has 1 rings (SSSR count). The summed E-state index contributed by atoms with van der Waals surface area (Å²) >= 11 is 0. The fourth-order valence-corrected chi connectivity index (χ4v) is 1.97. The van der Waals surface area contributed by atoms with Crippen molar-refractivity contribution in [1.82, 2.24) is 5.32 Å². The number of hydrogen-bond donors (Lipinski definition) is 1. The van der Waals surface area contributed by atoms with Gasteiger partial charge >= 0.3 is 12.1 Å². The van der Waals surface area contributed by atoms with E-state index in [1.54, 1.807) is 20.8 Å². The van der Waals surface area contributed by atoms with Crippen LogP contribution in [0.2, 0.25) is 0 Å². The number of ketones is 1. The zero-order valence-corrected chi connectivity index (χ0v) is 13.7. The summed E-state index contributed by atoms with van der Waals surface area (Å²) in [6.45, 7) is 5.56. The summed E-state index contributed by atoms with van der Waals surface area (Å²) in [5.41, 5.74) is 0.849. The van der Waals surface area contributed by atoms with Gasteiger partial charge in [-0.25, -0.2) is 4.79 Å². The lowest BCUT2D eigenvalue weighted by atomic mass is 9.98. The summed E-state index contributed by atoms with van der Waals surface area (Å²) in [6, 6.07) is 8.43. The number of alkyl carbamates (subject to hydrolysis) is 1. The van der Waals surface area contributed by atoms with Crippen LogP contribution in [0.3, 0.4) is 0 Å². The van der Waals surface area contributed by atoms with Crippen LogP contribution in [0, 0.1) is 5.92 Å². The first kappa shape index (κ1) is 18.7. The molecule has 0 saturated heterocycles. The summed E-state index contributed by atoms with van der Waals surface area (Å²) in [5.74, 6) is -1.15. The van der Waals surface area contributed by atoms with Crippen molar-refractivity contribution in [2.75, 3.05) is 6.61 Å². The van der Waals surface area contributed by atoms with E-state index < -0.39 is 23.9 Å². The summed E-state index contributed by atoms with van der Waals surface area (Å²) in [5, 5.41) is 2.52. The number of esters is 1. The van der Waals surface area contributed by atoms with Gasteiger partial charge in [-0.3, -0.25) is 9.59 Å². The Morgan fingerprint density at radius 3 is 2.30 bits per heavy atom. The van der Waals surface area contributed by atoms with Crippen LogP contribution in [0.1, 0.15) is 32.8 Å². The van der Waals surface area contributed by atoms with Gasteiger partial charge in [0.1, 0.15) is 13.0 Å². The van der Waals surface area contributed by atoms with E-state index in [2.05, 4.69) is 5.32 Å². The van der Waals surface area contributed by atoms with Gasteiger partial charge in [0.25, 0.3) is 0 Å². The van der Waals surface area contributed by atoms with E-state index in [9.17, 15) is 14.4 Å². The second kappa shape index (κ2) is 9.61. The highest BCUT2D eigenvalue weighted by atomic mass is 16.5. The van der Waals surface area contributed by atoms with E-state index in [-0.39, 0.29) is 25.6 Å². The number of carbonyl (C=O) groups is 3. The predicted molar refractivity (Wildman–Crippen MR) is 84.6 cm³/mol. The van der Waals surface area contributed by atoms with Crippen molar-refractivity contribution in [1.29, 1.82) is 0 Å². The lowest BCUT2D eigenvalue weighted by molar-refractivity contribution is -0.146. The molecule has 1 aromatic carbocycles. The highest BCUT2D eigenvalue weighted by Crippen LogP contribution is 2.08. The lowest BCUT2D eigenvalue weighted by Crippen LogP contribution is -2.45. The number of Topliss-reactive ketones (excluding diaryl/α,β-unsaturated/α-hetero) is 1. The third kappa shape index (κ3) is 6.95. The molecule has 0 heterocycles. The first-order chi connectivity index (χ1) is 10.9. The Kier molecular flexibility index (Phi) is 7.80. The van der Waals surface area contributed by atoms with Crippen LogP contribution in [0.5, 0.6) is 0 Å². The van der Waals surface area contributed by atoms with E-state index in [4.69, 9.17) is 9.47 Å². The zero-order valence-electron chi connectivity index (χ0n) is 13.7. The van der Waals surface area contributed by atoms with Crippen LogP contribution >= 0.6 is 0 Å². The quantitative estimate of drug-likeness (QED) is 0.587. The molecule has 1 amide bonds. The van der Waals surface area contributed by atoms with Gasteiger partial charge in [0, 0.05) is 0 Å². The smallest absolute Gasteiger partial charge is 0.408 e. The number of rotatable bonds is 8. The monoisotopic (exact) mass is 321 g/mol. The zero-order chi connectivity index (χ0) is 17.2. The maximum atomic E-state index is 12.1. The average molecular weight is 321 g/mol. The Morgan fingerprint density at radius 2 is 1.74 bits per heavy atom. The molecule has 1 aromatic rings. The minimum atomic E-state index is -0.789. The average Bonchev–Trinajstić information content (AvgIpc) is 2.51. The molecule has 126 valence electrons. The van der Waals surface area contributed by atoms with Crippen molar-refractivity contribution in [3.63, 3.8) is 0 Å². The van der Waals surface area contributed by atoms with Gasteiger partial charge in [-0.1, -0.05) is 44.2 Å². The molecule has 0 spiro atoms. The summed E-state index contributed by atoms with van der Waals surface area (Å²) < 4.78 is 9.84. The molecule has 1 atom stereocenters. The van der Waals surface area contributed by atoms with Gasteiger partial charge < -0.3 is 14.8 Å². The van der Waals surface area contributed by atoms with E-state index in [0.717, 1.165) is 5.56 Å². The molecule has 0 radical (unpaired) electrons. The van der Waals surface area contributed by atoms with Crippen molar-refractivity contribution in [2.24, 2.45) is 5.92 Å². The molecule has 0 fully saturated rings. The van der Waals surface area contributed by atoms with Crippen LogP contribution in [-0.2, 0) is 25.7 Å². The van der Waals surface area contributed by atoms with Crippen LogP contribution in [-0.4, -0.2) is 30.5 Å². The number of hydrogen-bond acceptors (Lipinski definition) is 5. The van der Waals surface area contributed by atoms with Crippen LogP contribution in [0.25, 0.3) is 0 Å². The Hall–Kier alpha value is -2.37. The molecule has 1 N–H and O–H groups in total. The highest BCUT2D eigenvalue weighted by molar-refractivity contribution is 5.99. The van der Waals surface area contributed by atoms with Gasteiger partial charge in [0.05, 0.1) is 12.6 Å². The molecule has 0 aliphatic carbocycles. The van der Waals surface area contributed by atoms with Crippen molar-refractivity contribution in [3.8, 4) is 0 Å². The third-order valence-electron chi connectivity index (χ3n) is 3.12. The number of ether oxygens (including phenoxy) is 2. The molecular weight excluding hydrogens is 298 g/mol. The van der Waals surface area contributed by atoms with Crippen molar-refractivity contribution >= 4 is 17.8 Å². The molecule has 0 aliphatic heterocycles. The Labute approximate surface area is 136 Å². The normalized spacial score (nSPS) is 11.7. The maximum absolute atomic E-state index is 12.1. The fraction of sp³-hybridized carbons (Fsp3) is 0.471. The summed E-state index contributed by atoms with van der Waals surface area (Å²) in [4.78, 5) is 35.3. The lowest BCUT2D eigenvalue weighted by Gasteiger charge is -2.20. The molecule has 23 heavy (non-hydrogen) atoms.